The molecule has 0 unspecified atom stereocenters. The summed E-state index contributed by atoms with van der Waals surface area (Å²) in [5.41, 5.74) is 3.20. The first kappa shape index (κ1) is 30.8. The van der Waals surface area contributed by atoms with Gasteiger partial charge < -0.3 is 25.1 Å². The maximum absolute atomic E-state index is 13.4. The molecule has 3 aromatic rings. The second-order valence-corrected chi connectivity index (χ2v) is 11.6. The van der Waals surface area contributed by atoms with Crippen molar-refractivity contribution in [1.82, 2.24) is 20.0 Å². The van der Waals surface area contributed by atoms with E-state index in [1.54, 1.807) is 26.8 Å². The van der Waals surface area contributed by atoms with E-state index in [2.05, 4.69) is 5.32 Å². The first-order valence-corrected chi connectivity index (χ1v) is 15.4. The largest absolute Gasteiger partial charge is 0.508 e. The van der Waals surface area contributed by atoms with Crippen molar-refractivity contribution in [3.8, 4) is 5.75 Å². The van der Waals surface area contributed by atoms with Crippen molar-refractivity contribution in [2.75, 3.05) is 32.7 Å². The van der Waals surface area contributed by atoms with E-state index < -0.39 is 23.6 Å². The zero-order chi connectivity index (χ0) is 30.9. The molecule has 2 N–H and O–H groups in total. The van der Waals surface area contributed by atoms with E-state index in [0.717, 1.165) is 23.1 Å². The minimum absolute atomic E-state index is 0.108. The molecule has 44 heavy (non-hydrogen) atoms. The standard InChI is InChI=1S/C35H40N4O5/c40-31-16-14-27(15-17-31)19-22-39-30(23-28-11-5-2-6-12-28)25-37(34(43)35(39)44)20-8-7-13-29-24-36-32(41)33(42)38(29)21-18-26-9-3-1-4-10-26/h1-6,9-12,14-17,29-30,40H,7-8,13,18-25H2,(H,36,41)/t29-,30-/m0/s1. The molecule has 4 amide bonds. The van der Waals surface area contributed by atoms with Crippen molar-refractivity contribution in [1.29, 1.82) is 0 Å². The van der Waals surface area contributed by atoms with Gasteiger partial charge in [-0.05, 0) is 67.3 Å². The number of nitrogens with one attached hydrogen (secondary N) is 1. The average molecular weight is 597 g/mol. The van der Waals surface area contributed by atoms with E-state index in [-0.39, 0.29) is 17.8 Å². The van der Waals surface area contributed by atoms with Crippen LogP contribution in [0, 0.1) is 0 Å². The molecule has 0 spiro atoms. The normalized spacial score (nSPS) is 19.0. The fraction of sp³-hybridized carbons (Fsp3) is 0.371. The molecule has 0 aliphatic carbocycles. The summed E-state index contributed by atoms with van der Waals surface area (Å²) in [5.74, 6) is -1.83. The third-order valence-electron chi connectivity index (χ3n) is 8.59. The van der Waals surface area contributed by atoms with Gasteiger partial charge in [0.1, 0.15) is 5.75 Å². The van der Waals surface area contributed by atoms with E-state index in [1.807, 2.05) is 72.8 Å². The highest BCUT2D eigenvalue weighted by Crippen LogP contribution is 2.20. The summed E-state index contributed by atoms with van der Waals surface area (Å²) in [6, 6.07) is 26.5. The van der Waals surface area contributed by atoms with Gasteiger partial charge in [-0.3, -0.25) is 19.2 Å². The second kappa shape index (κ2) is 14.7. The van der Waals surface area contributed by atoms with Crippen LogP contribution in [0.5, 0.6) is 5.75 Å². The van der Waals surface area contributed by atoms with Crippen LogP contribution < -0.4 is 5.32 Å². The number of nitrogens with zero attached hydrogens (tertiary/aromatic N) is 3. The molecule has 0 aromatic heterocycles. The Kier molecular flexibility index (Phi) is 10.3. The van der Waals surface area contributed by atoms with Crippen molar-refractivity contribution in [3.05, 3.63) is 102 Å². The molecule has 2 atom stereocenters. The summed E-state index contributed by atoms with van der Waals surface area (Å²) in [4.78, 5) is 56.5. The van der Waals surface area contributed by atoms with Gasteiger partial charge in [0.25, 0.3) is 0 Å². The minimum atomic E-state index is -0.564. The summed E-state index contributed by atoms with van der Waals surface area (Å²) < 4.78 is 0. The molecule has 5 rings (SSSR count). The minimum Gasteiger partial charge on any atom is -0.508 e. The molecular weight excluding hydrogens is 556 g/mol. The Labute approximate surface area is 258 Å². The molecule has 0 radical (unpaired) electrons. The Balaban J connectivity index is 1.18. The highest BCUT2D eigenvalue weighted by atomic mass is 16.3. The predicted octanol–water partition coefficient (Wildman–Crippen LogP) is 2.96. The van der Waals surface area contributed by atoms with E-state index in [1.165, 1.54) is 0 Å². The van der Waals surface area contributed by atoms with Gasteiger partial charge in [0.05, 0.1) is 6.04 Å². The molecule has 2 aliphatic heterocycles. The van der Waals surface area contributed by atoms with Gasteiger partial charge in [-0.1, -0.05) is 72.8 Å². The third kappa shape index (κ3) is 7.83. The fourth-order valence-corrected chi connectivity index (χ4v) is 6.12. The molecule has 2 saturated heterocycles. The van der Waals surface area contributed by atoms with Crippen LogP contribution in [0.3, 0.4) is 0 Å². The van der Waals surface area contributed by atoms with Gasteiger partial charge in [-0.2, -0.15) is 0 Å². The summed E-state index contributed by atoms with van der Waals surface area (Å²) in [6.07, 6.45) is 4.04. The number of carbonyl (C=O) groups is 4. The lowest BCUT2D eigenvalue weighted by Gasteiger charge is -2.41. The van der Waals surface area contributed by atoms with Crippen LogP contribution in [0.25, 0.3) is 0 Å². The molecule has 3 aromatic carbocycles. The molecular formula is C35H40N4O5. The Bertz CT molecular complexity index is 1430. The molecule has 2 heterocycles. The van der Waals surface area contributed by atoms with E-state index in [9.17, 15) is 24.3 Å². The number of carbonyl (C=O) groups excluding carboxylic acids is 4. The zero-order valence-corrected chi connectivity index (χ0v) is 24.9. The van der Waals surface area contributed by atoms with Crippen LogP contribution in [-0.2, 0) is 38.4 Å². The van der Waals surface area contributed by atoms with Crippen LogP contribution in [0.4, 0.5) is 0 Å². The maximum Gasteiger partial charge on any atom is 0.312 e. The van der Waals surface area contributed by atoms with Gasteiger partial charge in [0.15, 0.2) is 0 Å². The summed E-state index contributed by atoms with van der Waals surface area (Å²) in [7, 11) is 0. The monoisotopic (exact) mass is 596 g/mol. The second-order valence-electron chi connectivity index (χ2n) is 11.6. The molecule has 2 fully saturated rings. The fourth-order valence-electron chi connectivity index (χ4n) is 6.12. The van der Waals surface area contributed by atoms with Crippen molar-refractivity contribution in [2.24, 2.45) is 0 Å². The SMILES string of the molecule is O=C1NC[C@H](CCCCN2C[C@H](Cc3ccccc3)N(CCc3ccc(O)cc3)C(=O)C2=O)N(CCc2ccccc2)C1=O. The van der Waals surface area contributed by atoms with Gasteiger partial charge in [-0.25, -0.2) is 0 Å². The smallest absolute Gasteiger partial charge is 0.312 e. The molecule has 0 bridgehead atoms. The number of hydrogen-bond donors (Lipinski definition) is 2. The maximum atomic E-state index is 13.4. The van der Waals surface area contributed by atoms with Gasteiger partial charge in [0.2, 0.25) is 0 Å². The number of hydrogen-bond acceptors (Lipinski definition) is 5. The van der Waals surface area contributed by atoms with Crippen molar-refractivity contribution in [2.45, 2.75) is 50.6 Å². The highest BCUT2D eigenvalue weighted by molar-refractivity contribution is 6.36. The third-order valence-corrected chi connectivity index (χ3v) is 8.59. The van der Waals surface area contributed by atoms with Crippen LogP contribution in [0.15, 0.2) is 84.9 Å². The summed E-state index contributed by atoms with van der Waals surface area (Å²) >= 11 is 0. The number of rotatable bonds is 13. The van der Waals surface area contributed by atoms with E-state index >= 15 is 0 Å². The topological polar surface area (TPSA) is 110 Å². The van der Waals surface area contributed by atoms with Crippen molar-refractivity contribution >= 4 is 23.6 Å². The lowest BCUT2D eigenvalue weighted by atomic mass is 9.99. The Morgan fingerprint density at radius 1 is 0.636 bits per heavy atom. The number of phenolic OH excluding ortho intramolecular Hbond substituents is 1. The summed E-state index contributed by atoms with van der Waals surface area (Å²) in [6.45, 7) is 2.21. The van der Waals surface area contributed by atoms with Crippen molar-refractivity contribution in [3.63, 3.8) is 0 Å². The van der Waals surface area contributed by atoms with E-state index in [0.29, 0.717) is 64.8 Å². The predicted molar refractivity (Wildman–Crippen MR) is 167 cm³/mol. The Hall–Kier alpha value is -4.66. The van der Waals surface area contributed by atoms with Crippen LogP contribution >= 0.6 is 0 Å². The van der Waals surface area contributed by atoms with Gasteiger partial charge >= 0.3 is 23.6 Å². The van der Waals surface area contributed by atoms with Crippen molar-refractivity contribution < 1.29 is 24.3 Å². The van der Waals surface area contributed by atoms with E-state index in [4.69, 9.17) is 0 Å². The number of unbranched alkanes of at least 4 members (excludes halogenated alkanes) is 1. The quantitative estimate of drug-likeness (QED) is 0.233. The van der Waals surface area contributed by atoms with Crippen LogP contribution in [0.2, 0.25) is 0 Å². The van der Waals surface area contributed by atoms with Gasteiger partial charge in [-0.15, -0.1) is 0 Å². The Morgan fingerprint density at radius 3 is 1.89 bits per heavy atom. The molecule has 9 heteroatoms. The zero-order valence-electron chi connectivity index (χ0n) is 24.9. The van der Waals surface area contributed by atoms with Gasteiger partial charge in [0, 0.05) is 38.8 Å². The highest BCUT2D eigenvalue weighted by Gasteiger charge is 2.39. The number of amides is 4. The molecule has 0 saturated carbocycles. The number of benzene rings is 3. The first-order valence-electron chi connectivity index (χ1n) is 15.4. The lowest BCUT2D eigenvalue weighted by molar-refractivity contribution is -0.159. The average Bonchev–Trinajstić information content (AvgIpc) is 3.04. The first-order chi connectivity index (χ1) is 21.4. The number of phenols is 1. The molecule has 9 nitrogen and oxygen atoms in total. The number of aromatic hydroxyl groups is 1. The Morgan fingerprint density at radius 2 is 1.23 bits per heavy atom. The number of piperazine rings is 2. The summed E-state index contributed by atoms with van der Waals surface area (Å²) in [5, 5.41) is 12.3. The van der Waals surface area contributed by atoms with Crippen LogP contribution in [0.1, 0.15) is 36.0 Å². The van der Waals surface area contributed by atoms with Crippen LogP contribution in [-0.4, -0.2) is 88.2 Å². The molecule has 2 aliphatic rings. The lowest BCUT2D eigenvalue weighted by Crippen LogP contribution is -2.60. The molecule has 230 valence electrons.